The van der Waals surface area contributed by atoms with E-state index in [0.717, 1.165) is 27.5 Å². The first kappa shape index (κ1) is 15.1. The molecule has 0 aliphatic carbocycles. The van der Waals surface area contributed by atoms with Crippen molar-refractivity contribution in [2.24, 2.45) is 0 Å². The molecule has 0 bridgehead atoms. The number of para-hydroxylation sites is 1. The zero-order valence-electron chi connectivity index (χ0n) is 13.4. The highest BCUT2D eigenvalue weighted by atomic mass is 16.5. The Bertz CT molecular complexity index is 1040. The van der Waals surface area contributed by atoms with Gasteiger partial charge in [0.2, 0.25) is 0 Å². The Kier molecular flexibility index (Phi) is 4.00. The van der Waals surface area contributed by atoms with Gasteiger partial charge in [0.05, 0.1) is 17.4 Å². The monoisotopic (exact) mass is 332 g/mol. The minimum atomic E-state index is -0.183. The van der Waals surface area contributed by atoms with Crippen molar-refractivity contribution >= 4 is 27.8 Å². The number of hydrogen-bond acceptors (Lipinski definition) is 4. The van der Waals surface area contributed by atoms with E-state index in [1.807, 2.05) is 48.5 Å². The number of pyridine rings is 1. The molecule has 0 aliphatic rings. The Labute approximate surface area is 143 Å². The molecule has 4 aromatic rings. The number of aromatic nitrogens is 3. The second-order valence-corrected chi connectivity index (χ2v) is 5.65. The number of fused-ring (bicyclic) bond motifs is 2. The lowest BCUT2D eigenvalue weighted by Crippen LogP contribution is -2.28. The molecular weight excluding hydrogens is 316 g/mol. The molecule has 2 N–H and O–H groups in total. The van der Waals surface area contributed by atoms with Crippen LogP contribution in [-0.4, -0.2) is 27.5 Å². The molecule has 6 nitrogen and oxygen atoms in total. The van der Waals surface area contributed by atoms with Crippen LogP contribution in [0.25, 0.3) is 21.9 Å². The summed E-state index contributed by atoms with van der Waals surface area (Å²) in [4.78, 5) is 23.6. The molecule has 0 saturated heterocycles. The number of carbonyl (C=O) groups excluding carboxylic acids is 1. The lowest BCUT2D eigenvalue weighted by molar-refractivity contribution is -0.123. The van der Waals surface area contributed by atoms with Crippen LogP contribution in [0.15, 0.2) is 61.1 Å². The lowest BCUT2D eigenvalue weighted by Gasteiger charge is -2.09. The molecule has 4 rings (SSSR count). The molecule has 124 valence electrons. The summed E-state index contributed by atoms with van der Waals surface area (Å²) < 4.78 is 5.64. The molecule has 25 heavy (non-hydrogen) atoms. The maximum atomic E-state index is 12.1. The van der Waals surface area contributed by atoms with Gasteiger partial charge in [0, 0.05) is 18.1 Å². The summed E-state index contributed by atoms with van der Waals surface area (Å²) in [6.07, 6.45) is 3.36. The highest BCUT2D eigenvalue weighted by Crippen LogP contribution is 2.22. The molecule has 2 aromatic carbocycles. The third-order valence-corrected chi connectivity index (χ3v) is 3.93. The molecule has 0 spiro atoms. The quantitative estimate of drug-likeness (QED) is 0.589. The number of carbonyl (C=O) groups is 1. The molecule has 0 aliphatic heterocycles. The van der Waals surface area contributed by atoms with Gasteiger partial charge in [-0.25, -0.2) is 4.98 Å². The summed E-state index contributed by atoms with van der Waals surface area (Å²) in [6, 6.07) is 15.3. The fourth-order valence-corrected chi connectivity index (χ4v) is 2.68. The van der Waals surface area contributed by atoms with E-state index in [9.17, 15) is 4.79 Å². The van der Waals surface area contributed by atoms with Crippen LogP contribution in [0.5, 0.6) is 5.75 Å². The molecule has 2 aromatic heterocycles. The first-order chi connectivity index (χ1) is 12.3. The Morgan fingerprint density at radius 2 is 2.04 bits per heavy atom. The maximum absolute atomic E-state index is 12.1. The number of ether oxygens (including phenoxy) is 1. The Morgan fingerprint density at radius 1 is 1.12 bits per heavy atom. The van der Waals surface area contributed by atoms with Crippen LogP contribution < -0.4 is 10.1 Å². The second kappa shape index (κ2) is 6.60. The predicted molar refractivity (Wildman–Crippen MR) is 95.2 cm³/mol. The second-order valence-electron chi connectivity index (χ2n) is 5.65. The molecular formula is C19H16N4O2. The first-order valence-electron chi connectivity index (χ1n) is 7.95. The number of imidazole rings is 1. The zero-order valence-corrected chi connectivity index (χ0v) is 13.4. The minimum Gasteiger partial charge on any atom is -0.481 e. The molecule has 0 radical (unpaired) electrons. The van der Waals surface area contributed by atoms with Gasteiger partial charge in [0.15, 0.2) is 6.61 Å². The molecule has 1 amide bonds. The molecule has 6 heteroatoms. The Morgan fingerprint density at radius 3 is 3.00 bits per heavy atom. The SMILES string of the molecule is O=C(COc1cccc2cccnc12)NCc1ccc2nc[nH]c2c1. The van der Waals surface area contributed by atoms with Crippen LogP contribution in [0.4, 0.5) is 0 Å². The number of nitrogens with zero attached hydrogens (tertiary/aromatic N) is 2. The van der Waals surface area contributed by atoms with E-state index >= 15 is 0 Å². The van der Waals surface area contributed by atoms with Gasteiger partial charge in [0.1, 0.15) is 11.3 Å². The number of benzene rings is 2. The number of rotatable bonds is 5. The average molecular weight is 332 g/mol. The predicted octanol–water partition coefficient (Wildman–Crippen LogP) is 2.81. The van der Waals surface area contributed by atoms with E-state index < -0.39 is 0 Å². The van der Waals surface area contributed by atoms with E-state index in [-0.39, 0.29) is 12.5 Å². The van der Waals surface area contributed by atoms with Gasteiger partial charge in [-0.1, -0.05) is 24.3 Å². The molecule has 0 fully saturated rings. The highest BCUT2D eigenvalue weighted by Gasteiger charge is 2.07. The van der Waals surface area contributed by atoms with Crippen LogP contribution in [0.1, 0.15) is 5.56 Å². The topological polar surface area (TPSA) is 79.9 Å². The fourth-order valence-electron chi connectivity index (χ4n) is 2.68. The van der Waals surface area contributed by atoms with Crippen LogP contribution in [-0.2, 0) is 11.3 Å². The van der Waals surface area contributed by atoms with Gasteiger partial charge < -0.3 is 15.0 Å². The highest BCUT2D eigenvalue weighted by molar-refractivity contribution is 5.85. The van der Waals surface area contributed by atoms with E-state index in [1.54, 1.807) is 12.5 Å². The number of H-pyrrole nitrogens is 1. The standard InChI is InChI=1S/C19H16N4O2/c24-18(21-10-13-6-7-15-16(9-13)23-12-22-15)11-25-17-5-1-3-14-4-2-8-20-19(14)17/h1-9,12H,10-11H2,(H,21,24)(H,22,23). The van der Waals surface area contributed by atoms with E-state index in [4.69, 9.17) is 4.74 Å². The van der Waals surface area contributed by atoms with E-state index in [2.05, 4.69) is 20.3 Å². The van der Waals surface area contributed by atoms with Crippen LogP contribution in [0, 0.1) is 0 Å². The maximum Gasteiger partial charge on any atom is 0.258 e. The van der Waals surface area contributed by atoms with Gasteiger partial charge in [0.25, 0.3) is 5.91 Å². The van der Waals surface area contributed by atoms with E-state index in [0.29, 0.717) is 12.3 Å². The molecule has 0 saturated carbocycles. The van der Waals surface area contributed by atoms with Crippen molar-refractivity contribution in [2.75, 3.05) is 6.61 Å². The summed E-state index contributed by atoms with van der Waals surface area (Å²) in [5.41, 5.74) is 3.60. The van der Waals surface area contributed by atoms with Crippen LogP contribution in [0.2, 0.25) is 0 Å². The first-order valence-corrected chi connectivity index (χ1v) is 7.95. The van der Waals surface area contributed by atoms with Crippen molar-refractivity contribution in [2.45, 2.75) is 6.54 Å². The average Bonchev–Trinajstić information content (AvgIpc) is 3.12. The van der Waals surface area contributed by atoms with Crippen LogP contribution >= 0.6 is 0 Å². The van der Waals surface area contributed by atoms with Crippen molar-refractivity contribution in [1.82, 2.24) is 20.3 Å². The summed E-state index contributed by atoms with van der Waals surface area (Å²) >= 11 is 0. The fraction of sp³-hybridized carbons (Fsp3) is 0.105. The van der Waals surface area contributed by atoms with Crippen molar-refractivity contribution in [1.29, 1.82) is 0 Å². The van der Waals surface area contributed by atoms with Crippen molar-refractivity contribution in [3.8, 4) is 5.75 Å². The number of amides is 1. The zero-order chi connectivity index (χ0) is 17.1. The Hall–Kier alpha value is -3.41. The van der Waals surface area contributed by atoms with Gasteiger partial charge in [-0.2, -0.15) is 0 Å². The largest absolute Gasteiger partial charge is 0.481 e. The van der Waals surface area contributed by atoms with Crippen molar-refractivity contribution < 1.29 is 9.53 Å². The summed E-state index contributed by atoms with van der Waals surface area (Å²) in [5.74, 6) is 0.421. The summed E-state index contributed by atoms with van der Waals surface area (Å²) in [5, 5.41) is 3.84. The third kappa shape index (κ3) is 3.28. The van der Waals surface area contributed by atoms with Gasteiger partial charge in [-0.05, 0) is 29.8 Å². The van der Waals surface area contributed by atoms with Crippen LogP contribution in [0.3, 0.4) is 0 Å². The van der Waals surface area contributed by atoms with Gasteiger partial charge in [-0.15, -0.1) is 0 Å². The molecule has 0 atom stereocenters. The van der Waals surface area contributed by atoms with Gasteiger partial charge in [-0.3, -0.25) is 9.78 Å². The van der Waals surface area contributed by atoms with Gasteiger partial charge >= 0.3 is 0 Å². The minimum absolute atomic E-state index is 0.0536. The third-order valence-electron chi connectivity index (χ3n) is 3.93. The lowest BCUT2D eigenvalue weighted by atomic mass is 10.2. The molecule has 2 heterocycles. The van der Waals surface area contributed by atoms with E-state index in [1.165, 1.54) is 0 Å². The Balaban J connectivity index is 1.37. The van der Waals surface area contributed by atoms with Crippen molar-refractivity contribution in [3.05, 3.63) is 66.6 Å². The normalized spacial score (nSPS) is 10.9. The summed E-state index contributed by atoms with van der Waals surface area (Å²) in [6.45, 7) is 0.382. The molecule has 0 unspecified atom stereocenters. The number of aromatic amines is 1. The number of hydrogen-bond donors (Lipinski definition) is 2. The number of nitrogens with one attached hydrogen (secondary N) is 2. The smallest absolute Gasteiger partial charge is 0.258 e. The van der Waals surface area contributed by atoms with Crippen molar-refractivity contribution in [3.63, 3.8) is 0 Å². The summed E-state index contributed by atoms with van der Waals surface area (Å²) in [7, 11) is 0.